The molecule has 4 rings (SSSR count). The molecule has 0 saturated carbocycles. The van der Waals surface area contributed by atoms with Crippen LogP contribution in [0.15, 0.2) is 67.0 Å². The van der Waals surface area contributed by atoms with Crippen molar-refractivity contribution in [3.63, 3.8) is 0 Å². The molecule has 0 aliphatic carbocycles. The Balaban J connectivity index is 1.43. The number of anilines is 1. The highest BCUT2D eigenvalue weighted by atomic mass is 32.2. The van der Waals surface area contributed by atoms with Gasteiger partial charge in [0.25, 0.3) is 0 Å². The Morgan fingerprint density at radius 1 is 0.875 bits per heavy atom. The van der Waals surface area contributed by atoms with Gasteiger partial charge in [-0.25, -0.2) is 12.8 Å². The molecule has 32 heavy (non-hydrogen) atoms. The number of pyridine rings is 1. The van der Waals surface area contributed by atoms with Gasteiger partial charge in [-0.15, -0.1) is 0 Å². The molecule has 5 nitrogen and oxygen atoms in total. The second kappa shape index (κ2) is 9.63. The fourth-order valence-corrected chi connectivity index (χ4v) is 4.90. The lowest BCUT2D eigenvalue weighted by Crippen LogP contribution is -2.49. The van der Waals surface area contributed by atoms with Crippen LogP contribution in [0.25, 0.3) is 23.3 Å². The summed E-state index contributed by atoms with van der Waals surface area (Å²) in [5.74, 6) is -0.137. The Kier molecular flexibility index (Phi) is 6.67. The molecule has 0 amide bonds. The first kappa shape index (κ1) is 22.2. The van der Waals surface area contributed by atoms with E-state index in [-0.39, 0.29) is 11.6 Å². The van der Waals surface area contributed by atoms with Gasteiger partial charge in [0.15, 0.2) is 0 Å². The smallest absolute Gasteiger partial charge is 0.213 e. The van der Waals surface area contributed by atoms with Crippen LogP contribution in [-0.2, 0) is 10.0 Å². The largest absolute Gasteiger partial charge is 0.369 e. The molecule has 2 aromatic carbocycles. The Morgan fingerprint density at radius 3 is 2.19 bits per heavy atom. The van der Waals surface area contributed by atoms with E-state index >= 15 is 0 Å². The molecule has 1 aromatic heterocycles. The highest BCUT2D eigenvalue weighted by molar-refractivity contribution is 7.89. The van der Waals surface area contributed by atoms with Crippen LogP contribution in [0.3, 0.4) is 0 Å². The van der Waals surface area contributed by atoms with Crippen LogP contribution in [0, 0.1) is 5.82 Å². The van der Waals surface area contributed by atoms with Crippen LogP contribution in [-0.4, -0.2) is 49.6 Å². The molecule has 0 atom stereocenters. The first-order chi connectivity index (χ1) is 15.4. The van der Waals surface area contributed by atoms with E-state index in [2.05, 4.69) is 9.88 Å². The van der Waals surface area contributed by atoms with E-state index in [9.17, 15) is 12.8 Å². The number of hydrogen-bond donors (Lipinski definition) is 0. The fourth-order valence-electron chi connectivity index (χ4n) is 3.82. The predicted octanol–water partition coefficient (Wildman–Crippen LogP) is 4.53. The monoisotopic (exact) mass is 451 g/mol. The van der Waals surface area contributed by atoms with Gasteiger partial charge in [-0.2, -0.15) is 4.31 Å². The highest BCUT2D eigenvalue weighted by Crippen LogP contribution is 2.23. The van der Waals surface area contributed by atoms with Crippen LogP contribution in [0.4, 0.5) is 10.1 Å². The lowest BCUT2D eigenvalue weighted by Gasteiger charge is -2.35. The molecule has 0 radical (unpaired) electrons. The fraction of sp³-hybridized carbons (Fsp3) is 0.240. The minimum atomic E-state index is -3.12. The lowest BCUT2D eigenvalue weighted by atomic mass is 10.0. The molecule has 0 N–H and O–H groups in total. The predicted molar refractivity (Wildman–Crippen MR) is 128 cm³/mol. The zero-order valence-corrected chi connectivity index (χ0v) is 18.8. The van der Waals surface area contributed by atoms with Crippen molar-refractivity contribution in [2.75, 3.05) is 36.8 Å². The van der Waals surface area contributed by atoms with E-state index in [0.717, 1.165) is 27.9 Å². The van der Waals surface area contributed by atoms with E-state index in [1.165, 1.54) is 12.1 Å². The summed E-state index contributed by atoms with van der Waals surface area (Å²) in [5.41, 5.74) is 4.60. The normalized spacial score (nSPS) is 15.4. The van der Waals surface area contributed by atoms with Gasteiger partial charge < -0.3 is 4.90 Å². The summed E-state index contributed by atoms with van der Waals surface area (Å²) in [6.07, 6.45) is 7.25. The van der Waals surface area contributed by atoms with Crippen LogP contribution in [0.5, 0.6) is 0 Å². The minimum Gasteiger partial charge on any atom is -0.369 e. The maximum atomic E-state index is 14.1. The van der Waals surface area contributed by atoms with Crippen molar-refractivity contribution >= 4 is 27.9 Å². The van der Waals surface area contributed by atoms with E-state index < -0.39 is 10.0 Å². The summed E-state index contributed by atoms with van der Waals surface area (Å²) in [6.45, 7) is 4.05. The Morgan fingerprint density at radius 2 is 1.53 bits per heavy atom. The highest BCUT2D eigenvalue weighted by Gasteiger charge is 2.25. The summed E-state index contributed by atoms with van der Waals surface area (Å²) in [7, 11) is -3.12. The number of sulfonamides is 1. The number of rotatable bonds is 6. The van der Waals surface area contributed by atoms with Gasteiger partial charge in [-0.3, -0.25) is 4.98 Å². The number of benzene rings is 2. The van der Waals surface area contributed by atoms with Gasteiger partial charge in [-0.1, -0.05) is 24.3 Å². The molecule has 166 valence electrons. The van der Waals surface area contributed by atoms with Crippen LogP contribution in [0.2, 0.25) is 0 Å². The third-order valence-corrected chi connectivity index (χ3v) is 7.54. The maximum absolute atomic E-state index is 14.1. The van der Waals surface area contributed by atoms with Crippen molar-refractivity contribution in [1.29, 1.82) is 0 Å². The maximum Gasteiger partial charge on any atom is 0.213 e. The van der Waals surface area contributed by atoms with Crippen LogP contribution in [0.1, 0.15) is 18.1 Å². The number of halogens is 1. The molecule has 1 aliphatic heterocycles. The molecule has 2 heterocycles. The van der Waals surface area contributed by atoms with Crippen molar-refractivity contribution in [3.05, 3.63) is 83.9 Å². The van der Waals surface area contributed by atoms with Crippen molar-refractivity contribution in [2.45, 2.75) is 6.92 Å². The molecule has 1 aliphatic rings. The Hall–Kier alpha value is -3.03. The molecule has 7 heteroatoms. The second-order valence-electron chi connectivity index (χ2n) is 7.72. The standard InChI is InChI=1S/C25H26FN3O2S/c1-2-32(30,31)29-15-13-28(14-16-29)25-7-5-20(6-8-25)3-4-21-17-23(19-24(26)18-21)22-9-11-27-12-10-22/h3-12,17-19H,2,13-16H2,1H3/b4-3+. The van der Waals surface area contributed by atoms with Gasteiger partial charge in [0.2, 0.25) is 10.0 Å². The molecular weight excluding hydrogens is 425 g/mol. The summed E-state index contributed by atoms with van der Waals surface area (Å²) in [5, 5.41) is 0. The quantitative estimate of drug-likeness (QED) is 0.517. The van der Waals surface area contributed by atoms with Crippen LogP contribution < -0.4 is 4.90 Å². The number of aromatic nitrogens is 1. The van der Waals surface area contributed by atoms with E-state index in [1.54, 1.807) is 23.6 Å². The molecule has 0 bridgehead atoms. The SMILES string of the molecule is CCS(=O)(=O)N1CCN(c2ccc(/C=C/c3cc(F)cc(-c4ccncc4)c3)cc2)CC1. The molecule has 3 aromatic rings. The molecular formula is C25H26FN3O2S. The van der Waals surface area contributed by atoms with Crippen molar-refractivity contribution in [1.82, 2.24) is 9.29 Å². The Labute approximate surface area is 188 Å². The number of hydrogen-bond acceptors (Lipinski definition) is 4. The zero-order valence-electron chi connectivity index (χ0n) is 18.0. The summed E-state index contributed by atoms with van der Waals surface area (Å²) in [6, 6.07) is 16.8. The van der Waals surface area contributed by atoms with E-state index in [4.69, 9.17) is 0 Å². The van der Waals surface area contributed by atoms with E-state index in [1.807, 2.05) is 54.6 Å². The summed E-state index contributed by atoms with van der Waals surface area (Å²) in [4.78, 5) is 6.21. The molecule has 0 unspecified atom stereocenters. The lowest BCUT2D eigenvalue weighted by molar-refractivity contribution is 0.385. The molecule has 1 saturated heterocycles. The second-order valence-corrected chi connectivity index (χ2v) is 9.98. The summed E-state index contributed by atoms with van der Waals surface area (Å²) < 4.78 is 39.7. The van der Waals surface area contributed by atoms with Gasteiger partial charge in [-0.05, 0) is 71.6 Å². The first-order valence-electron chi connectivity index (χ1n) is 10.7. The van der Waals surface area contributed by atoms with Gasteiger partial charge in [0.1, 0.15) is 5.82 Å². The third kappa shape index (κ3) is 5.23. The number of piperazine rings is 1. The zero-order chi connectivity index (χ0) is 22.6. The molecule has 0 spiro atoms. The molecule has 1 fully saturated rings. The summed E-state index contributed by atoms with van der Waals surface area (Å²) >= 11 is 0. The van der Waals surface area contributed by atoms with E-state index in [0.29, 0.717) is 26.2 Å². The minimum absolute atomic E-state index is 0.142. The van der Waals surface area contributed by atoms with Gasteiger partial charge >= 0.3 is 0 Å². The van der Waals surface area contributed by atoms with Gasteiger partial charge in [0.05, 0.1) is 5.75 Å². The third-order valence-electron chi connectivity index (χ3n) is 5.66. The average molecular weight is 452 g/mol. The Bertz CT molecular complexity index is 1190. The van der Waals surface area contributed by atoms with Gasteiger partial charge in [0, 0.05) is 44.3 Å². The average Bonchev–Trinajstić information content (AvgIpc) is 2.83. The van der Waals surface area contributed by atoms with Crippen molar-refractivity contribution in [3.8, 4) is 11.1 Å². The first-order valence-corrected chi connectivity index (χ1v) is 12.3. The van der Waals surface area contributed by atoms with Crippen LogP contribution >= 0.6 is 0 Å². The topological polar surface area (TPSA) is 53.5 Å². The van der Waals surface area contributed by atoms with Crippen molar-refractivity contribution < 1.29 is 12.8 Å². The number of nitrogens with zero attached hydrogens (tertiary/aromatic N) is 3. The van der Waals surface area contributed by atoms with Crippen molar-refractivity contribution in [2.24, 2.45) is 0 Å².